The summed E-state index contributed by atoms with van der Waals surface area (Å²) in [5.41, 5.74) is 3.56. The van der Waals surface area contributed by atoms with Crippen molar-refractivity contribution in [1.29, 1.82) is 0 Å². The van der Waals surface area contributed by atoms with Crippen LogP contribution in [0.5, 0.6) is 0 Å². The number of rotatable bonds is 7. The molecule has 1 amide bonds. The minimum absolute atomic E-state index is 0.0674. The maximum absolute atomic E-state index is 12.7. The van der Waals surface area contributed by atoms with Gasteiger partial charge >= 0.3 is 0 Å². The van der Waals surface area contributed by atoms with Crippen molar-refractivity contribution >= 4 is 23.4 Å². The third-order valence-corrected chi connectivity index (χ3v) is 6.35. The van der Waals surface area contributed by atoms with Crippen LogP contribution >= 0.6 is 11.8 Å². The van der Waals surface area contributed by atoms with Crippen LogP contribution in [0.2, 0.25) is 0 Å². The molecule has 2 N–H and O–H groups in total. The summed E-state index contributed by atoms with van der Waals surface area (Å²) in [7, 11) is 0. The van der Waals surface area contributed by atoms with Gasteiger partial charge in [-0.25, -0.2) is 4.98 Å². The SMILES string of the molecule is Cc1ccc(NC(=O)CSc2nc(CC3CCCCC3)c(C(C)C)c(=O)[nH]2)cc1. The first kappa shape index (κ1) is 21.6. The molecule has 5 nitrogen and oxygen atoms in total. The molecule has 0 atom stereocenters. The lowest BCUT2D eigenvalue weighted by molar-refractivity contribution is -0.113. The van der Waals surface area contributed by atoms with Gasteiger partial charge in [0, 0.05) is 11.3 Å². The van der Waals surface area contributed by atoms with E-state index in [0.717, 1.165) is 28.9 Å². The third kappa shape index (κ3) is 6.20. The Bertz CT molecular complexity index is 884. The van der Waals surface area contributed by atoms with Gasteiger partial charge in [0.05, 0.1) is 11.4 Å². The number of benzene rings is 1. The molecule has 1 aliphatic rings. The second-order valence-electron chi connectivity index (χ2n) is 8.30. The van der Waals surface area contributed by atoms with Crippen LogP contribution in [0.4, 0.5) is 5.69 Å². The molecule has 1 saturated carbocycles. The lowest BCUT2D eigenvalue weighted by Crippen LogP contribution is -2.23. The largest absolute Gasteiger partial charge is 0.325 e. The monoisotopic (exact) mass is 413 g/mol. The Labute approximate surface area is 177 Å². The number of hydrogen-bond acceptors (Lipinski definition) is 4. The first-order valence-corrected chi connectivity index (χ1v) is 11.5. The average molecular weight is 414 g/mol. The summed E-state index contributed by atoms with van der Waals surface area (Å²) < 4.78 is 0. The number of aromatic nitrogens is 2. The van der Waals surface area contributed by atoms with Gasteiger partial charge in [-0.1, -0.05) is 75.4 Å². The van der Waals surface area contributed by atoms with E-state index in [1.165, 1.54) is 43.9 Å². The lowest BCUT2D eigenvalue weighted by atomic mass is 9.84. The maximum atomic E-state index is 12.7. The van der Waals surface area contributed by atoms with Crippen LogP contribution in [0, 0.1) is 12.8 Å². The molecule has 3 rings (SSSR count). The number of H-pyrrole nitrogens is 1. The topological polar surface area (TPSA) is 74.8 Å². The molecule has 0 saturated heterocycles. The fourth-order valence-corrected chi connectivity index (χ4v) is 4.64. The molecule has 1 aromatic heterocycles. The molecule has 0 radical (unpaired) electrons. The molecule has 1 aliphatic carbocycles. The number of nitrogens with one attached hydrogen (secondary N) is 2. The van der Waals surface area contributed by atoms with Gasteiger partial charge in [-0.2, -0.15) is 0 Å². The Morgan fingerprint density at radius 3 is 2.55 bits per heavy atom. The van der Waals surface area contributed by atoms with Gasteiger partial charge in [0.2, 0.25) is 5.91 Å². The number of aromatic amines is 1. The van der Waals surface area contributed by atoms with Crippen LogP contribution in [-0.2, 0) is 11.2 Å². The van der Waals surface area contributed by atoms with Crippen LogP contribution < -0.4 is 10.9 Å². The van der Waals surface area contributed by atoms with Crippen molar-refractivity contribution in [1.82, 2.24) is 9.97 Å². The Kier molecular flexibility index (Phi) is 7.53. The van der Waals surface area contributed by atoms with Crippen molar-refractivity contribution < 1.29 is 4.79 Å². The third-order valence-electron chi connectivity index (χ3n) is 5.47. The Morgan fingerprint density at radius 1 is 1.21 bits per heavy atom. The van der Waals surface area contributed by atoms with Crippen LogP contribution in [-0.4, -0.2) is 21.6 Å². The normalized spacial score (nSPS) is 14.9. The quantitative estimate of drug-likeness (QED) is 0.492. The summed E-state index contributed by atoms with van der Waals surface area (Å²) in [4.78, 5) is 32.6. The molecule has 6 heteroatoms. The Hall–Kier alpha value is -2.08. The van der Waals surface area contributed by atoms with E-state index in [1.54, 1.807) is 0 Å². The predicted molar refractivity (Wildman–Crippen MR) is 120 cm³/mol. The second kappa shape index (κ2) is 10.1. The van der Waals surface area contributed by atoms with E-state index < -0.39 is 0 Å². The summed E-state index contributed by atoms with van der Waals surface area (Å²) in [6.45, 7) is 6.09. The molecule has 0 bridgehead atoms. The minimum Gasteiger partial charge on any atom is -0.325 e. The zero-order valence-corrected chi connectivity index (χ0v) is 18.4. The Morgan fingerprint density at radius 2 is 1.90 bits per heavy atom. The summed E-state index contributed by atoms with van der Waals surface area (Å²) in [5.74, 6) is 0.844. The molecular formula is C23H31N3O2S. The highest BCUT2D eigenvalue weighted by Crippen LogP contribution is 2.28. The highest BCUT2D eigenvalue weighted by molar-refractivity contribution is 7.99. The molecule has 0 aliphatic heterocycles. The van der Waals surface area contributed by atoms with E-state index in [2.05, 4.69) is 10.3 Å². The molecule has 1 heterocycles. The standard InChI is InChI=1S/C23H31N3O2S/c1-15(2)21-19(13-17-7-5-4-6-8-17)25-23(26-22(21)28)29-14-20(27)24-18-11-9-16(3)10-12-18/h9-12,15,17H,4-8,13-14H2,1-3H3,(H,24,27)(H,25,26,28). The van der Waals surface area contributed by atoms with E-state index in [9.17, 15) is 9.59 Å². The molecule has 2 aromatic rings. The molecule has 0 unspecified atom stereocenters. The van der Waals surface area contributed by atoms with Crippen molar-refractivity contribution in [2.45, 2.75) is 70.4 Å². The van der Waals surface area contributed by atoms with Gasteiger partial charge in [-0.05, 0) is 37.3 Å². The number of thioether (sulfide) groups is 1. The summed E-state index contributed by atoms with van der Waals surface area (Å²) >= 11 is 1.28. The first-order valence-electron chi connectivity index (χ1n) is 10.5. The summed E-state index contributed by atoms with van der Waals surface area (Å²) in [6.07, 6.45) is 7.15. The van der Waals surface area contributed by atoms with Gasteiger partial charge in [-0.15, -0.1) is 0 Å². The van der Waals surface area contributed by atoms with E-state index in [-0.39, 0.29) is 23.1 Å². The minimum atomic E-state index is -0.108. The summed E-state index contributed by atoms with van der Waals surface area (Å²) in [5, 5.41) is 3.42. The number of amides is 1. The van der Waals surface area contributed by atoms with E-state index in [1.807, 2.05) is 45.0 Å². The van der Waals surface area contributed by atoms with Gasteiger partial charge in [-0.3, -0.25) is 9.59 Å². The smallest absolute Gasteiger partial charge is 0.255 e. The number of anilines is 1. The van der Waals surface area contributed by atoms with E-state index >= 15 is 0 Å². The molecule has 156 valence electrons. The first-order chi connectivity index (χ1) is 13.9. The number of carbonyl (C=O) groups excluding carboxylic acids is 1. The number of aryl methyl sites for hydroxylation is 1. The van der Waals surface area contributed by atoms with Crippen molar-refractivity contribution in [3.05, 3.63) is 51.4 Å². The highest BCUT2D eigenvalue weighted by Gasteiger charge is 2.21. The van der Waals surface area contributed by atoms with Crippen molar-refractivity contribution in [2.24, 2.45) is 5.92 Å². The van der Waals surface area contributed by atoms with Crippen LogP contribution in [0.3, 0.4) is 0 Å². The van der Waals surface area contributed by atoms with E-state index in [0.29, 0.717) is 11.1 Å². The van der Waals surface area contributed by atoms with Crippen LogP contribution in [0.25, 0.3) is 0 Å². The zero-order chi connectivity index (χ0) is 20.8. The zero-order valence-electron chi connectivity index (χ0n) is 17.6. The van der Waals surface area contributed by atoms with Crippen molar-refractivity contribution in [2.75, 3.05) is 11.1 Å². The van der Waals surface area contributed by atoms with Crippen LogP contribution in [0.1, 0.15) is 68.7 Å². The fraction of sp³-hybridized carbons (Fsp3) is 0.522. The summed E-state index contributed by atoms with van der Waals surface area (Å²) in [6, 6.07) is 7.70. The fourth-order valence-electron chi connectivity index (χ4n) is 3.96. The van der Waals surface area contributed by atoms with Crippen molar-refractivity contribution in [3.8, 4) is 0 Å². The average Bonchev–Trinajstić information content (AvgIpc) is 2.68. The van der Waals surface area contributed by atoms with Gasteiger partial charge in [0.15, 0.2) is 5.16 Å². The van der Waals surface area contributed by atoms with Crippen LogP contribution in [0.15, 0.2) is 34.2 Å². The van der Waals surface area contributed by atoms with Crippen molar-refractivity contribution in [3.63, 3.8) is 0 Å². The molecule has 1 aromatic carbocycles. The predicted octanol–water partition coefficient (Wildman–Crippen LogP) is 5.06. The molecule has 29 heavy (non-hydrogen) atoms. The number of nitrogens with zero attached hydrogens (tertiary/aromatic N) is 1. The van der Waals surface area contributed by atoms with Gasteiger partial charge in [0.1, 0.15) is 0 Å². The number of hydrogen-bond donors (Lipinski definition) is 2. The van der Waals surface area contributed by atoms with E-state index in [4.69, 9.17) is 4.98 Å². The number of carbonyl (C=O) groups is 1. The second-order valence-corrected chi connectivity index (χ2v) is 9.26. The van der Waals surface area contributed by atoms with Gasteiger partial charge < -0.3 is 10.3 Å². The van der Waals surface area contributed by atoms with Gasteiger partial charge in [0.25, 0.3) is 5.56 Å². The molecule has 1 fully saturated rings. The highest BCUT2D eigenvalue weighted by atomic mass is 32.2. The maximum Gasteiger partial charge on any atom is 0.255 e. The molecule has 0 spiro atoms. The Balaban J connectivity index is 1.69. The lowest BCUT2D eigenvalue weighted by Gasteiger charge is -2.22. The molecular weight excluding hydrogens is 382 g/mol.